The molecule has 3 heteroatoms. The molecule has 1 saturated heterocycles. The molecule has 2 heterocycles. The van der Waals surface area contributed by atoms with Gasteiger partial charge in [0.2, 0.25) is 0 Å². The number of nitrogens with one attached hydrogen (secondary N) is 1. The molecule has 19 heavy (non-hydrogen) atoms. The summed E-state index contributed by atoms with van der Waals surface area (Å²) >= 11 is 1.93. The third-order valence-corrected chi connectivity index (χ3v) is 4.96. The van der Waals surface area contributed by atoms with Gasteiger partial charge in [0, 0.05) is 28.9 Å². The summed E-state index contributed by atoms with van der Waals surface area (Å²) in [6.07, 6.45) is 2.74. The molecule has 108 valence electrons. The smallest absolute Gasteiger partial charge is 0.0244 e. The average molecular weight is 280 g/mol. The van der Waals surface area contributed by atoms with E-state index in [2.05, 4.69) is 44.0 Å². The Balaban J connectivity index is 1.85. The van der Waals surface area contributed by atoms with E-state index in [0.717, 1.165) is 12.5 Å². The maximum Gasteiger partial charge on any atom is 0.0244 e. The summed E-state index contributed by atoms with van der Waals surface area (Å²) in [4.78, 5) is 5.59. The fraction of sp³-hybridized carbons (Fsp3) is 0.750. The summed E-state index contributed by atoms with van der Waals surface area (Å²) in [5, 5.41) is 3.59. The van der Waals surface area contributed by atoms with E-state index in [4.69, 9.17) is 0 Å². The molecule has 0 radical (unpaired) electrons. The number of nitrogens with zero attached hydrogens (tertiary/aromatic N) is 1. The summed E-state index contributed by atoms with van der Waals surface area (Å²) in [7, 11) is 0. The van der Waals surface area contributed by atoms with Crippen molar-refractivity contribution in [3.8, 4) is 0 Å². The number of hydrogen-bond donors (Lipinski definition) is 1. The standard InChI is InChI=1S/C16H28N2S/c1-12(2)17-9-15-6-5-7-18(10-15)11-16-8-13(3)19-14(16)4/h8,12,15,17H,5-7,9-11H2,1-4H3. The highest BCUT2D eigenvalue weighted by atomic mass is 32.1. The van der Waals surface area contributed by atoms with Crippen LogP contribution in [0, 0.1) is 19.8 Å². The zero-order valence-corrected chi connectivity index (χ0v) is 13.6. The van der Waals surface area contributed by atoms with Crippen molar-refractivity contribution >= 4 is 11.3 Å². The number of thiophene rings is 1. The van der Waals surface area contributed by atoms with Crippen molar-refractivity contribution in [1.29, 1.82) is 0 Å². The van der Waals surface area contributed by atoms with Crippen molar-refractivity contribution in [2.45, 2.75) is 53.1 Å². The minimum atomic E-state index is 0.608. The second-order valence-corrected chi connectivity index (χ2v) is 7.71. The van der Waals surface area contributed by atoms with Crippen LogP contribution in [-0.4, -0.2) is 30.6 Å². The molecule has 2 rings (SSSR count). The highest BCUT2D eigenvalue weighted by Gasteiger charge is 2.20. The number of rotatable bonds is 5. The maximum absolute atomic E-state index is 3.59. The number of aryl methyl sites for hydroxylation is 2. The Morgan fingerprint density at radius 1 is 1.42 bits per heavy atom. The third-order valence-electron chi connectivity index (χ3n) is 3.96. The SMILES string of the molecule is Cc1cc(CN2CCCC(CNC(C)C)C2)c(C)s1. The van der Waals surface area contributed by atoms with Crippen LogP contribution >= 0.6 is 11.3 Å². The molecule has 1 atom stereocenters. The molecule has 1 aliphatic heterocycles. The van der Waals surface area contributed by atoms with Gasteiger partial charge < -0.3 is 5.32 Å². The van der Waals surface area contributed by atoms with E-state index in [0.29, 0.717) is 6.04 Å². The maximum atomic E-state index is 3.59. The average Bonchev–Trinajstić information content (AvgIpc) is 2.66. The molecular formula is C16H28N2S. The van der Waals surface area contributed by atoms with Crippen molar-refractivity contribution in [1.82, 2.24) is 10.2 Å². The predicted molar refractivity (Wildman–Crippen MR) is 84.9 cm³/mol. The van der Waals surface area contributed by atoms with E-state index in [9.17, 15) is 0 Å². The molecule has 2 nitrogen and oxygen atoms in total. The van der Waals surface area contributed by atoms with E-state index in [1.165, 1.54) is 42.2 Å². The lowest BCUT2D eigenvalue weighted by Crippen LogP contribution is -2.40. The molecule has 1 N–H and O–H groups in total. The van der Waals surface area contributed by atoms with Gasteiger partial charge in [0.25, 0.3) is 0 Å². The van der Waals surface area contributed by atoms with E-state index in [-0.39, 0.29) is 0 Å². The fourth-order valence-electron chi connectivity index (χ4n) is 2.95. The van der Waals surface area contributed by atoms with Crippen LogP contribution in [0.4, 0.5) is 0 Å². The highest BCUT2D eigenvalue weighted by molar-refractivity contribution is 7.12. The molecule has 0 aromatic carbocycles. The van der Waals surface area contributed by atoms with Crippen LogP contribution < -0.4 is 5.32 Å². The van der Waals surface area contributed by atoms with Gasteiger partial charge in [0.1, 0.15) is 0 Å². The highest BCUT2D eigenvalue weighted by Crippen LogP contribution is 2.24. The van der Waals surface area contributed by atoms with Crippen LogP contribution in [0.2, 0.25) is 0 Å². The second kappa shape index (κ2) is 6.87. The minimum absolute atomic E-state index is 0.608. The Labute approximate surface area is 122 Å². The molecule has 0 amide bonds. The fourth-order valence-corrected chi connectivity index (χ4v) is 3.88. The molecule has 1 aliphatic rings. The van der Waals surface area contributed by atoms with Gasteiger partial charge in [0.05, 0.1) is 0 Å². The molecule has 0 aliphatic carbocycles. The lowest BCUT2D eigenvalue weighted by molar-refractivity contribution is 0.164. The first-order valence-corrected chi connectivity index (χ1v) is 8.38. The van der Waals surface area contributed by atoms with Crippen molar-refractivity contribution in [3.63, 3.8) is 0 Å². The minimum Gasteiger partial charge on any atom is -0.314 e. The van der Waals surface area contributed by atoms with Crippen molar-refractivity contribution in [2.75, 3.05) is 19.6 Å². The third kappa shape index (κ3) is 4.59. The molecule has 1 unspecified atom stereocenters. The van der Waals surface area contributed by atoms with Crippen LogP contribution in [0.1, 0.15) is 42.0 Å². The summed E-state index contributed by atoms with van der Waals surface area (Å²) in [5.74, 6) is 0.830. The van der Waals surface area contributed by atoms with E-state index < -0.39 is 0 Å². The lowest BCUT2D eigenvalue weighted by atomic mass is 9.97. The zero-order valence-electron chi connectivity index (χ0n) is 12.8. The van der Waals surface area contributed by atoms with Gasteiger partial charge in [-0.3, -0.25) is 4.90 Å². The molecular weight excluding hydrogens is 252 g/mol. The first-order chi connectivity index (χ1) is 9.04. The number of piperidine rings is 1. The molecule has 0 spiro atoms. The lowest BCUT2D eigenvalue weighted by Gasteiger charge is -2.33. The largest absolute Gasteiger partial charge is 0.314 e. The molecule has 0 saturated carbocycles. The summed E-state index contributed by atoms with van der Waals surface area (Å²) in [6.45, 7) is 13.8. The Morgan fingerprint density at radius 2 is 2.21 bits per heavy atom. The van der Waals surface area contributed by atoms with Gasteiger partial charge in [-0.1, -0.05) is 13.8 Å². The topological polar surface area (TPSA) is 15.3 Å². The van der Waals surface area contributed by atoms with Crippen molar-refractivity contribution in [3.05, 3.63) is 21.4 Å². The summed E-state index contributed by atoms with van der Waals surface area (Å²) < 4.78 is 0. The quantitative estimate of drug-likeness (QED) is 0.887. The van der Waals surface area contributed by atoms with Crippen LogP contribution in [-0.2, 0) is 6.54 Å². The van der Waals surface area contributed by atoms with E-state index in [1.807, 2.05) is 11.3 Å². The van der Waals surface area contributed by atoms with Crippen molar-refractivity contribution < 1.29 is 0 Å². The van der Waals surface area contributed by atoms with Crippen molar-refractivity contribution in [2.24, 2.45) is 5.92 Å². The zero-order chi connectivity index (χ0) is 13.8. The number of hydrogen-bond acceptors (Lipinski definition) is 3. The first kappa shape index (κ1) is 15.0. The van der Waals surface area contributed by atoms with E-state index >= 15 is 0 Å². The van der Waals surface area contributed by atoms with Gasteiger partial charge in [-0.15, -0.1) is 11.3 Å². The molecule has 1 fully saturated rings. The van der Waals surface area contributed by atoms with Crippen LogP contribution in [0.3, 0.4) is 0 Å². The second-order valence-electron chi connectivity index (χ2n) is 6.24. The van der Waals surface area contributed by atoms with Gasteiger partial charge in [-0.2, -0.15) is 0 Å². The Hall–Kier alpha value is -0.380. The van der Waals surface area contributed by atoms with Gasteiger partial charge in [-0.25, -0.2) is 0 Å². The molecule has 1 aromatic heterocycles. The van der Waals surface area contributed by atoms with Gasteiger partial charge in [0.15, 0.2) is 0 Å². The van der Waals surface area contributed by atoms with Crippen LogP contribution in [0.15, 0.2) is 6.07 Å². The monoisotopic (exact) mass is 280 g/mol. The Bertz CT molecular complexity index is 397. The summed E-state index contributed by atoms with van der Waals surface area (Å²) in [6, 6.07) is 2.98. The van der Waals surface area contributed by atoms with Crippen LogP contribution in [0.5, 0.6) is 0 Å². The molecule has 1 aromatic rings. The Kier molecular flexibility index (Phi) is 5.43. The van der Waals surface area contributed by atoms with E-state index in [1.54, 1.807) is 5.56 Å². The van der Waals surface area contributed by atoms with Crippen LogP contribution in [0.25, 0.3) is 0 Å². The summed E-state index contributed by atoms with van der Waals surface area (Å²) in [5.41, 5.74) is 1.54. The predicted octanol–water partition coefficient (Wildman–Crippen LogP) is 3.57. The van der Waals surface area contributed by atoms with Gasteiger partial charge >= 0.3 is 0 Å². The normalized spacial score (nSPS) is 21.2. The number of likely N-dealkylation sites (tertiary alicyclic amines) is 1. The Morgan fingerprint density at radius 3 is 2.84 bits per heavy atom. The van der Waals surface area contributed by atoms with Gasteiger partial charge in [-0.05, 0) is 57.3 Å². The first-order valence-electron chi connectivity index (χ1n) is 7.56. The molecule has 0 bridgehead atoms.